The molecule has 0 bridgehead atoms. The van der Waals surface area contributed by atoms with E-state index in [1.54, 1.807) is 11.0 Å². The number of hydrogen-bond donors (Lipinski definition) is 0. The summed E-state index contributed by atoms with van der Waals surface area (Å²) in [6.45, 7) is 2.06. The molecule has 0 radical (unpaired) electrons. The number of anilines is 1. The third kappa shape index (κ3) is 1.54. The van der Waals surface area contributed by atoms with Gasteiger partial charge >= 0.3 is 0 Å². The van der Waals surface area contributed by atoms with E-state index >= 15 is 0 Å². The molecule has 1 amide bonds. The summed E-state index contributed by atoms with van der Waals surface area (Å²) in [7, 11) is 0. The van der Waals surface area contributed by atoms with E-state index in [1.165, 1.54) is 0 Å². The maximum Gasteiger partial charge on any atom is 0.245 e. The standard InChI is InChI=1S/C15H11ClN2O/c1-15-7-2-3-13(15)18(14(19)6-8-17)12-9-10(16)4-5-11(12)15/h2-5,7,9H,6H2,1H3. The first-order valence-electron chi connectivity index (χ1n) is 5.98. The molecular weight excluding hydrogens is 260 g/mol. The van der Waals surface area contributed by atoms with Crippen molar-refractivity contribution in [1.29, 1.82) is 5.26 Å². The van der Waals surface area contributed by atoms with Gasteiger partial charge in [0.05, 0.1) is 17.2 Å². The molecule has 0 N–H and O–H groups in total. The first-order chi connectivity index (χ1) is 9.08. The van der Waals surface area contributed by atoms with Crippen molar-refractivity contribution in [2.24, 2.45) is 0 Å². The largest absolute Gasteiger partial charge is 0.282 e. The number of carbonyl (C=O) groups excluding carboxylic acids is 1. The zero-order valence-corrected chi connectivity index (χ0v) is 11.1. The Hall–Kier alpha value is -2.05. The van der Waals surface area contributed by atoms with Crippen LogP contribution in [0.5, 0.6) is 0 Å². The van der Waals surface area contributed by atoms with Crippen LogP contribution in [0.25, 0.3) is 0 Å². The number of halogens is 1. The van der Waals surface area contributed by atoms with Gasteiger partial charge in [-0.2, -0.15) is 5.26 Å². The van der Waals surface area contributed by atoms with Crippen LogP contribution in [0.15, 0.2) is 42.1 Å². The summed E-state index contributed by atoms with van der Waals surface area (Å²) >= 11 is 6.03. The molecule has 1 aromatic rings. The maximum atomic E-state index is 12.2. The summed E-state index contributed by atoms with van der Waals surface area (Å²) in [5.41, 5.74) is 2.42. The molecule has 0 saturated carbocycles. The van der Waals surface area contributed by atoms with Gasteiger partial charge in [0.2, 0.25) is 5.91 Å². The second kappa shape index (κ2) is 3.97. The summed E-state index contributed by atoms with van der Waals surface area (Å²) in [6.07, 6.45) is 5.79. The van der Waals surface area contributed by atoms with Gasteiger partial charge in [0.25, 0.3) is 0 Å². The minimum absolute atomic E-state index is 0.140. The fourth-order valence-corrected chi connectivity index (χ4v) is 2.97. The monoisotopic (exact) mass is 270 g/mol. The fourth-order valence-electron chi connectivity index (χ4n) is 2.80. The zero-order valence-electron chi connectivity index (χ0n) is 10.4. The van der Waals surface area contributed by atoms with Gasteiger partial charge in [0.15, 0.2) is 0 Å². The maximum absolute atomic E-state index is 12.2. The van der Waals surface area contributed by atoms with E-state index in [2.05, 4.69) is 13.0 Å². The van der Waals surface area contributed by atoms with Crippen molar-refractivity contribution in [2.75, 3.05) is 4.90 Å². The van der Waals surface area contributed by atoms with Gasteiger partial charge in [-0.1, -0.05) is 29.8 Å². The minimum Gasteiger partial charge on any atom is -0.282 e. The number of carbonyl (C=O) groups is 1. The van der Waals surface area contributed by atoms with Crippen molar-refractivity contribution < 1.29 is 4.79 Å². The van der Waals surface area contributed by atoms with Gasteiger partial charge in [-0.15, -0.1) is 0 Å². The SMILES string of the molecule is CC12C=CC=C1N(C(=O)CC#N)c1cc(Cl)ccc12. The van der Waals surface area contributed by atoms with Gasteiger partial charge < -0.3 is 0 Å². The van der Waals surface area contributed by atoms with E-state index in [0.717, 1.165) is 16.9 Å². The molecule has 3 nitrogen and oxygen atoms in total. The van der Waals surface area contributed by atoms with E-state index in [9.17, 15) is 4.79 Å². The van der Waals surface area contributed by atoms with Crippen molar-refractivity contribution in [3.05, 3.63) is 52.7 Å². The average molecular weight is 271 g/mol. The molecule has 94 valence electrons. The lowest BCUT2D eigenvalue weighted by molar-refractivity contribution is -0.117. The molecule has 1 aliphatic heterocycles. The van der Waals surface area contributed by atoms with Gasteiger partial charge in [0.1, 0.15) is 6.42 Å². The highest BCUT2D eigenvalue weighted by Gasteiger charge is 2.45. The van der Waals surface area contributed by atoms with Crippen LogP contribution in [-0.2, 0) is 10.2 Å². The van der Waals surface area contributed by atoms with Gasteiger partial charge in [-0.05, 0) is 30.7 Å². The highest BCUT2D eigenvalue weighted by atomic mass is 35.5. The smallest absolute Gasteiger partial charge is 0.245 e. The molecule has 2 aliphatic rings. The van der Waals surface area contributed by atoms with Crippen molar-refractivity contribution >= 4 is 23.2 Å². The Morgan fingerprint density at radius 1 is 1.53 bits per heavy atom. The van der Waals surface area contributed by atoms with Crippen LogP contribution in [0.1, 0.15) is 18.9 Å². The summed E-state index contributed by atoms with van der Waals surface area (Å²) in [5, 5.41) is 9.33. The second-order valence-electron chi connectivity index (χ2n) is 4.84. The Labute approximate surface area is 116 Å². The molecule has 19 heavy (non-hydrogen) atoms. The lowest BCUT2D eigenvalue weighted by Crippen LogP contribution is -2.30. The van der Waals surface area contributed by atoms with Crippen LogP contribution < -0.4 is 4.90 Å². The topological polar surface area (TPSA) is 44.1 Å². The molecule has 0 spiro atoms. The Morgan fingerprint density at radius 3 is 3.05 bits per heavy atom. The molecule has 1 aliphatic carbocycles. The zero-order chi connectivity index (χ0) is 13.6. The van der Waals surface area contributed by atoms with E-state index in [0.29, 0.717) is 5.02 Å². The van der Waals surface area contributed by atoms with Gasteiger partial charge in [0, 0.05) is 10.7 Å². The minimum atomic E-state index is -0.301. The van der Waals surface area contributed by atoms with Crippen LogP contribution in [-0.4, -0.2) is 5.91 Å². The molecule has 3 rings (SSSR count). The Morgan fingerprint density at radius 2 is 2.32 bits per heavy atom. The molecule has 4 heteroatoms. The lowest BCUT2D eigenvalue weighted by Gasteiger charge is -2.22. The fraction of sp³-hybridized carbons (Fsp3) is 0.200. The average Bonchev–Trinajstić information content (AvgIpc) is 2.82. The molecule has 0 fully saturated rings. The summed E-state index contributed by atoms with van der Waals surface area (Å²) in [6, 6.07) is 7.46. The number of benzene rings is 1. The number of allylic oxidation sites excluding steroid dienone is 3. The van der Waals surface area contributed by atoms with E-state index < -0.39 is 0 Å². The predicted octanol–water partition coefficient (Wildman–Crippen LogP) is 3.31. The van der Waals surface area contributed by atoms with E-state index in [1.807, 2.05) is 30.4 Å². The Kier molecular flexibility index (Phi) is 2.51. The van der Waals surface area contributed by atoms with Crippen LogP contribution in [0.3, 0.4) is 0 Å². The predicted molar refractivity (Wildman–Crippen MR) is 73.7 cm³/mol. The first-order valence-corrected chi connectivity index (χ1v) is 6.35. The quantitative estimate of drug-likeness (QED) is 0.786. The number of amides is 1. The molecule has 1 unspecified atom stereocenters. The summed E-state index contributed by atoms with van der Waals surface area (Å²) in [4.78, 5) is 13.8. The third-order valence-corrected chi connectivity index (χ3v) is 3.93. The molecule has 1 aromatic carbocycles. The summed E-state index contributed by atoms with van der Waals surface area (Å²) < 4.78 is 0. The third-order valence-electron chi connectivity index (χ3n) is 3.70. The molecular formula is C15H11ClN2O. The first kappa shape index (κ1) is 12.0. The van der Waals surface area contributed by atoms with E-state index in [-0.39, 0.29) is 17.7 Å². The molecule has 0 aromatic heterocycles. The normalized spacial score (nSPS) is 22.8. The number of nitriles is 1. The van der Waals surface area contributed by atoms with Crippen LogP contribution in [0.4, 0.5) is 5.69 Å². The van der Waals surface area contributed by atoms with Crippen molar-refractivity contribution in [2.45, 2.75) is 18.8 Å². The van der Waals surface area contributed by atoms with Crippen LogP contribution in [0.2, 0.25) is 5.02 Å². The second-order valence-corrected chi connectivity index (χ2v) is 5.28. The summed E-state index contributed by atoms with van der Waals surface area (Å²) in [5.74, 6) is -0.218. The number of nitrogens with zero attached hydrogens (tertiary/aromatic N) is 2. The van der Waals surface area contributed by atoms with Crippen LogP contribution in [0, 0.1) is 11.3 Å². The number of fused-ring (bicyclic) bond motifs is 3. The van der Waals surface area contributed by atoms with Gasteiger partial charge in [-0.25, -0.2) is 0 Å². The van der Waals surface area contributed by atoms with Crippen molar-refractivity contribution in [3.63, 3.8) is 0 Å². The van der Waals surface area contributed by atoms with E-state index in [4.69, 9.17) is 16.9 Å². The Bertz CT molecular complexity index is 684. The van der Waals surface area contributed by atoms with Gasteiger partial charge in [-0.3, -0.25) is 9.69 Å². The number of hydrogen-bond acceptors (Lipinski definition) is 2. The highest BCUT2D eigenvalue weighted by molar-refractivity contribution is 6.31. The Balaban J connectivity index is 2.20. The van der Waals surface area contributed by atoms with Crippen molar-refractivity contribution in [3.8, 4) is 6.07 Å². The number of rotatable bonds is 1. The highest BCUT2D eigenvalue weighted by Crippen LogP contribution is 2.51. The lowest BCUT2D eigenvalue weighted by atomic mass is 9.84. The van der Waals surface area contributed by atoms with Crippen LogP contribution >= 0.6 is 11.6 Å². The van der Waals surface area contributed by atoms with Crippen molar-refractivity contribution in [1.82, 2.24) is 0 Å². The molecule has 1 heterocycles. The molecule has 1 atom stereocenters. The molecule has 0 saturated heterocycles.